The molecule has 0 saturated heterocycles. The van der Waals surface area contributed by atoms with Gasteiger partial charge in [0.2, 0.25) is 5.91 Å². The predicted molar refractivity (Wildman–Crippen MR) is 66.9 cm³/mol. The summed E-state index contributed by atoms with van der Waals surface area (Å²) in [5.41, 5.74) is 8.35. The fraction of sp³-hybridized carbons (Fsp3) is 0.462. The van der Waals surface area contributed by atoms with E-state index in [4.69, 9.17) is 5.73 Å². The van der Waals surface area contributed by atoms with Crippen molar-refractivity contribution in [3.8, 4) is 0 Å². The molecule has 0 fully saturated rings. The van der Waals surface area contributed by atoms with Crippen LogP contribution in [0.5, 0.6) is 0 Å². The van der Waals surface area contributed by atoms with Gasteiger partial charge in [0.1, 0.15) is 13.2 Å². The number of halogens is 3. The third-order valence-corrected chi connectivity index (χ3v) is 3.08. The molecule has 1 amide bonds. The van der Waals surface area contributed by atoms with Crippen molar-refractivity contribution in [2.24, 2.45) is 0 Å². The maximum absolute atomic E-state index is 11.9. The van der Waals surface area contributed by atoms with Crippen LogP contribution in [0.4, 0.5) is 18.9 Å². The number of hydrogen-bond donors (Lipinski definition) is 2. The summed E-state index contributed by atoms with van der Waals surface area (Å²) in [5.74, 6) is -0.552. The minimum absolute atomic E-state index is 0.187. The van der Waals surface area contributed by atoms with Gasteiger partial charge in [-0.2, -0.15) is 13.2 Å². The molecule has 0 saturated carbocycles. The Hall–Kier alpha value is -1.76. The lowest BCUT2D eigenvalue weighted by Gasteiger charge is -2.14. The van der Waals surface area contributed by atoms with Gasteiger partial charge in [-0.15, -0.1) is 0 Å². The molecule has 1 aliphatic rings. The molecule has 1 aromatic carbocycles. The standard InChI is InChI=1S/C13H15F3N2O2/c14-13(15,16)7-20-6-12(19)18-11-4-1-8-5-9(17)2-3-10(8)11/h2-3,5,11H,1,4,6-7,17H2,(H,18,19). The Bertz CT molecular complexity index is 503. The van der Waals surface area contributed by atoms with Gasteiger partial charge in [0.25, 0.3) is 0 Å². The number of amides is 1. The molecule has 7 heteroatoms. The second-order valence-electron chi connectivity index (χ2n) is 4.73. The normalized spacial score (nSPS) is 17.9. The average Bonchev–Trinajstić information content (AvgIpc) is 2.70. The molecule has 1 aliphatic carbocycles. The van der Waals surface area contributed by atoms with Crippen molar-refractivity contribution in [3.05, 3.63) is 29.3 Å². The minimum Gasteiger partial charge on any atom is -0.399 e. The van der Waals surface area contributed by atoms with Crippen molar-refractivity contribution in [1.29, 1.82) is 0 Å². The van der Waals surface area contributed by atoms with Crippen molar-refractivity contribution in [2.45, 2.75) is 25.1 Å². The van der Waals surface area contributed by atoms with Crippen molar-refractivity contribution in [1.82, 2.24) is 5.32 Å². The van der Waals surface area contributed by atoms with Gasteiger partial charge in [-0.3, -0.25) is 4.79 Å². The predicted octanol–water partition coefficient (Wildman–Crippen LogP) is 1.95. The van der Waals surface area contributed by atoms with E-state index < -0.39 is 25.3 Å². The second kappa shape index (κ2) is 5.70. The second-order valence-corrected chi connectivity index (χ2v) is 4.73. The number of anilines is 1. The van der Waals surface area contributed by atoms with Crippen LogP contribution < -0.4 is 11.1 Å². The smallest absolute Gasteiger partial charge is 0.399 e. The van der Waals surface area contributed by atoms with Crippen LogP contribution in [0.25, 0.3) is 0 Å². The van der Waals surface area contributed by atoms with E-state index in [1.54, 1.807) is 6.07 Å². The minimum atomic E-state index is -4.42. The highest BCUT2D eigenvalue weighted by atomic mass is 19.4. The zero-order valence-electron chi connectivity index (χ0n) is 10.7. The molecule has 3 N–H and O–H groups in total. The number of hydrogen-bond acceptors (Lipinski definition) is 3. The van der Waals surface area contributed by atoms with Crippen LogP contribution in [0.2, 0.25) is 0 Å². The molecule has 20 heavy (non-hydrogen) atoms. The Kier molecular flexibility index (Phi) is 4.17. The Balaban J connectivity index is 1.85. The molecule has 0 aliphatic heterocycles. The zero-order valence-corrected chi connectivity index (χ0v) is 10.7. The van der Waals surface area contributed by atoms with Gasteiger partial charge in [0.05, 0.1) is 6.04 Å². The number of nitrogen functional groups attached to an aromatic ring is 1. The molecule has 2 rings (SSSR count). The van der Waals surface area contributed by atoms with E-state index >= 15 is 0 Å². The van der Waals surface area contributed by atoms with Crippen LogP contribution in [0, 0.1) is 0 Å². The average molecular weight is 288 g/mol. The van der Waals surface area contributed by atoms with Crippen molar-refractivity contribution < 1.29 is 22.7 Å². The third kappa shape index (κ3) is 3.86. The number of aryl methyl sites for hydroxylation is 1. The topological polar surface area (TPSA) is 64.3 Å². The van der Waals surface area contributed by atoms with Crippen molar-refractivity contribution in [2.75, 3.05) is 18.9 Å². The number of ether oxygens (including phenoxy) is 1. The van der Waals surface area contributed by atoms with Crippen LogP contribution in [0.1, 0.15) is 23.6 Å². The number of nitrogens with two attached hydrogens (primary N) is 1. The van der Waals surface area contributed by atoms with E-state index in [0.717, 1.165) is 17.5 Å². The lowest BCUT2D eigenvalue weighted by Crippen LogP contribution is -2.32. The van der Waals surface area contributed by atoms with E-state index in [9.17, 15) is 18.0 Å². The fourth-order valence-corrected chi connectivity index (χ4v) is 2.28. The first-order valence-corrected chi connectivity index (χ1v) is 6.17. The van der Waals surface area contributed by atoms with E-state index in [2.05, 4.69) is 10.1 Å². The van der Waals surface area contributed by atoms with Gasteiger partial charge in [0.15, 0.2) is 0 Å². The summed E-state index contributed by atoms with van der Waals surface area (Å²) in [6.07, 6.45) is -2.92. The molecule has 0 spiro atoms. The fourth-order valence-electron chi connectivity index (χ4n) is 2.28. The van der Waals surface area contributed by atoms with Gasteiger partial charge in [-0.1, -0.05) is 6.07 Å². The summed E-state index contributed by atoms with van der Waals surface area (Å²) in [5, 5.41) is 2.67. The molecular formula is C13H15F3N2O2. The van der Waals surface area contributed by atoms with E-state index in [-0.39, 0.29) is 6.04 Å². The Morgan fingerprint density at radius 2 is 2.20 bits per heavy atom. The van der Waals surface area contributed by atoms with Gasteiger partial charge in [0, 0.05) is 5.69 Å². The molecule has 0 radical (unpaired) electrons. The molecule has 0 bridgehead atoms. The number of alkyl halides is 3. The molecule has 4 nitrogen and oxygen atoms in total. The van der Waals surface area contributed by atoms with Crippen LogP contribution in [0.3, 0.4) is 0 Å². The summed E-state index contributed by atoms with van der Waals surface area (Å²) >= 11 is 0. The molecular weight excluding hydrogens is 273 g/mol. The van der Waals surface area contributed by atoms with E-state index in [1.165, 1.54) is 0 Å². The third-order valence-electron chi connectivity index (χ3n) is 3.08. The lowest BCUT2D eigenvalue weighted by molar-refractivity contribution is -0.175. The largest absolute Gasteiger partial charge is 0.411 e. The van der Waals surface area contributed by atoms with Crippen LogP contribution >= 0.6 is 0 Å². The molecule has 1 atom stereocenters. The Morgan fingerprint density at radius 1 is 1.45 bits per heavy atom. The van der Waals surface area contributed by atoms with Crippen LogP contribution in [-0.4, -0.2) is 25.3 Å². The number of carbonyl (C=O) groups is 1. The van der Waals surface area contributed by atoms with Crippen LogP contribution in [0.15, 0.2) is 18.2 Å². The first-order valence-electron chi connectivity index (χ1n) is 6.17. The number of carbonyl (C=O) groups excluding carboxylic acids is 1. The Labute approximate surface area is 114 Å². The monoisotopic (exact) mass is 288 g/mol. The maximum Gasteiger partial charge on any atom is 0.411 e. The number of fused-ring (bicyclic) bond motifs is 1. The van der Waals surface area contributed by atoms with Crippen LogP contribution in [-0.2, 0) is 16.0 Å². The highest BCUT2D eigenvalue weighted by Gasteiger charge is 2.28. The SMILES string of the molecule is Nc1ccc2c(c1)CCC2NC(=O)COCC(F)(F)F. The van der Waals surface area contributed by atoms with Gasteiger partial charge >= 0.3 is 6.18 Å². The van der Waals surface area contributed by atoms with E-state index in [1.807, 2.05) is 12.1 Å². The number of rotatable bonds is 4. The highest BCUT2D eigenvalue weighted by Crippen LogP contribution is 2.32. The molecule has 110 valence electrons. The first-order chi connectivity index (χ1) is 9.35. The van der Waals surface area contributed by atoms with Crippen molar-refractivity contribution in [3.63, 3.8) is 0 Å². The highest BCUT2D eigenvalue weighted by molar-refractivity contribution is 5.78. The zero-order chi connectivity index (χ0) is 14.8. The Morgan fingerprint density at radius 3 is 2.90 bits per heavy atom. The summed E-state index contributed by atoms with van der Waals surface area (Å²) in [7, 11) is 0. The number of nitrogens with one attached hydrogen (secondary N) is 1. The quantitative estimate of drug-likeness (QED) is 0.832. The van der Waals surface area contributed by atoms with Gasteiger partial charge in [-0.25, -0.2) is 0 Å². The van der Waals surface area contributed by atoms with E-state index in [0.29, 0.717) is 12.1 Å². The summed E-state index contributed by atoms with van der Waals surface area (Å²) in [6, 6.07) is 5.23. The molecule has 1 unspecified atom stereocenters. The number of benzene rings is 1. The van der Waals surface area contributed by atoms with Crippen molar-refractivity contribution >= 4 is 11.6 Å². The summed E-state index contributed by atoms with van der Waals surface area (Å²) < 4.78 is 40.0. The van der Waals surface area contributed by atoms with Gasteiger partial charge in [-0.05, 0) is 36.1 Å². The summed E-state index contributed by atoms with van der Waals surface area (Å²) in [4.78, 5) is 11.5. The maximum atomic E-state index is 11.9. The lowest BCUT2D eigenvalue weighted by atomic mass is 10.1. The summed E-state index contributed by atoms with van der Waals surface area (Å²) in [6.45, 7) is -2.02. The molecule has 1 aromatic rings. The molecule has 0 aromatic heterocycles. The van der Waals surface area contributed by atoms with Gasteiger partial charge < -0.3 is 15.8 Å². The first kappa shape index (κ1) is 14.6. The molecule has 0 heterocycles.